The van der Waals surface area contributed by atoms with Crippen LogP contribution in [0.3, 0.4) is 0 Å². The highest BCUT2D eigenvalue weighted by Crippen LogP contribution is 2.30. The van der Waals surface area contributed by atoms with E-state index in [1.807, 2.05) is 29.2 Å². The molecule has 2 aliphatic rings. The Morgan fingerprint density at radius 3 is 2.68 bits per heavy atom. The van der Waals surface area contributed by atoms with Gasteiger partial charge in [-0.15, -0.1) is 0 Å². The molecular weight excluding hydrogens is 502 g/mol. The molecule has 0 atom stereocenters. The molecule has 9 nitrogen and oxygen atoms in total. The minimum Gasteiger partial charge on any atom is -0.385 e. The maximum Gasteiger partial charge on any atom is 0.228 e. The van der Waals surface area contributed by atoms with E-state index in [2.05, 4.69) is 37.5 Å². The van der Waals surface area contributed by atoms with Crippen LogP contribution in [-0.2, 0) is 25.9 Å². The zero-order valence-electron chi connectivity index (χ0n) is 22.6. The number of nitrogens with zero attached hydrogens (tertiary/aromatic N) is 3. The Labute approximate surface area is 224 Å². The van der Waals surface area contributed by atoms with Crippen LogP contribution in [0.15, 0.2) is 47.4 Å². The normalized spacial score (nSPS) is 18.5. The number of aromatic nitrogens is 2. The quantitative estimate of drug-likeness (QED) is 0.424. The molecule has 3 aromatic rings. The number of hydrogen-bond acceptors (Lipinski definition) is 9. The van der Waals surface area contributed by atoms with Gasteiger partial charge in [-0.05, 0) is 51.0 Å². The Balaban J connectivity index is 1.45. The Hall–Kier alpha value is -2.79. The lowest BCUT2D eigenvalue weighted by Crippen LogP contribution is -2.69. The largest absolute Gasteiger partial charge is 0.385 e. The Morgan fingerprint density at radius 1 is 1.16 bits per heavy atom. The smallest absolute Gasteiger partial charge is 0.228 e. The van der Waals surface area contributed by atoms with Crippen LogP contribution in [0.25, 0.3) is 10.9 Å². The fourth-order valence-corrected chi connectivity index (χ4v) is 6.70. The van der Waals surface area contributed by atoms with Crippen molar-refractivity contribution in [2.45, 2.75) is 49.7 Å². The highest BCUT2D eigenvalue weighted by molar-refractivity contribution is 7.91. The number of fused-ring (bicyclic) bond motifs is 2. The minimum atomic E-state index is -3.37. The lowest BCUT2D eigenvalue weighted by Gasteiger charge is -2.47. The number of rotatable bonds is 9. The summed E-state index contributed by atoms with van der Waals surface area (Å²) in [6, 6.07) is 13.3. The van der Waals surface area contributed by atoms with E-state index in [1.54, 1.807) is 19.2 Å². The molecule has 5 rings (SSSR count). The van der Waals surface area contributed by atoms with Gasteiger partial charge in [-0.25, -0.2) is 13.4 Å². The molecule has 38 heavy (non-hydrogen) atoms. The summed E-state index contributed by atoms with van der Waals surface area (Å²) in [6.45, 7) is 9.67. The third-order valence-electron chi connectivity index (χ3n) is 7.31. The van der Waals surface area contributed by atoms with Gasteiger partial charge in [0.2, 0.25) is 5.95 Å². The van der Waals surface area contributed by atoms with Crippen LogP contribution in [0.2, 0.25) is 0 Å². The molecule has 10 heteroatoms. The molecule has 1 fully saturated rings. The zero-order valence-corrected chi connectivity index (χ0v) is 23.4. The molecule has 0 unspecified atom stereocenters. The van der Waals surface area contributed by atoms with E-state index in [1.165, 1.54) is 0 Å². The molecule has 2 aliphatic heterocycles. The van der Waals surface area contributed by atoms with Crippen molar-refractivity contribution in [3.8, 4) is 0 Å². The first-order valence-corrected chi connectivity index (χ1v) is 14.7. The molecule has 2 N–H and O–H groups in total. The molecule has 1 saturated heterocycles. The number of methoxy groups -OCH3 is 1. The maximum absolute atomic E-state index is 12.9. The van der Waals surface area contributed by atoms with E-state index in [-0.39, 0.29) is 16.8 Å². The van der Waals surface area contributed by atoms with E-state index in [9.17, 15) is 8.42 Å². The van der Waals surface area contributed by atoms with Crippen LogP contribution >= 0.6 is 0 Å². The lowest BCUT2D eigenvalue weighted by molar-refractivity contribution is -0.0807. The molecule has 0 radical (unpaired) electrons. The molecule has 3 heterocycles. The second-order valence-electron chi connectivity index (χ2n) is 11.1. The van der Waals surface area contributed by atoms with E-state index < -0.39 is 9.84 Å². The zero-order chi connectivity index (χ0) is 27.0. The third kappa shape index (κ3) is 5.63. The van der Waals surface area contributed by atoms with Gasteiger partial charge in [-0.1, -0.05) is 29.8 Å². The van der Waals surface area contributed by atoms with Gasteiger partial charge in [0.15, 0.2) is 9.84 Å². The van der Waals surface area contributed by atoms with Crippen LogP contribution < -0.4 is 15.5 Å². The molecule has 0 saturated carbocycles. The topological polar surface area (TPSA) is 106 Å². The van der Waals surface area contributed by atoms with Gasteiger partial charge in [0.1, 0.15) is 5.82 Å². The molecular formula is C28H37N5O4S. The fourth-order valence-electron chi connectivity index (χ4n) is 5.20. The lowest BCUT2D eigenvalue weighted by atomic mass is 9.90. The van der Waals surface area contributed by atoms with Crippen molar-refractivity contribution in [2.24, 2.45) is 0 Å². The van der Waals surface area contributed by atoms with Gasteiger partial charge < -0.3 is 25.0 Å². The summed E-state index contributed by atoms with van der Waals surface area (Å²) in [4.78, 5) is 12.2. The van der Waals surface area contributed by atoms with E-state index in [0.29, 0.717) is 50.3 Å². The van der Waals surface area contributed by atoms with Crippen molar-refractivity contribution >= 4 is 32.5 Å². The number of anilines is 2. The number of hydrogen-bond donors (Lipinski definition) is 2. The van der Waals surface area contributed by atoms with Gasteiger partial charge in [-0.2, -0.15) is 4.98 Å². The summed E-state index contributed by atoms with van der Waals surface area (Å²) < 4.78 is 36.8. The minimum absolute atomic E-state index is 0.0169. The van der Waals surface area contributed by atoms with Gasteiger partial charge in [-0.3, -0.25) is 0 Å². The van der Waals surface area contributed by atoms with Crippen LogP contribution in [0.4, 0.5) is 11.8 Å². The van der Waals surface area contributed by atoms with Crippen molar-refractivity contribution in [3.63, 3.8) is 0 Å². The van der Waals surface area contributed by atoms with Crippen LogP contribution in [-0.4, -0.2) is 75.2 Å². The van der Waals surface area contributed by atoms with Gasteiger partial charge in [0.05, 0.1) is 34.9 Å². The van der Waals surface area contributed by atoms with Crippen molar-refractivity contribution < 1.29 is 17.9 Å². The highest BCUT2D eigenvalue weighted by atomic mass is 32.2. The van der Waals surface area contributed by atoms with Crippen LogP contribution in [0, 0.1) is 6.92 Å². The van der Waals surface area contributed by atoms with Gasteiger partial charge >= 0.3 is 0 Å². The molecule has 0 bridgehead atoms. The summed E-state index contributed by atoms with van der Waals surface area (Å²) in [5.74, 6) is 1.27. The van der Waals surface area contributed by atoms with Crippen molar-refractivity contribution in [1.82, 2.24) is 15.3 Å². The predicted octanol–water partition coefficient (Wildman–Crippen LogP) is 3.32. The molecule has 2 aromatic carbocycles. The molecule has 1 aromatic heterocycles. The number of benzene rings is 2. The summed E-state index contributed by atoms with van der Waals surface area (Å²) in [6.07, 6.45) is 0.879. The highest BCUT2D eigenvalue weighted by Gasteiger charge is 2.42. The standard InChI is InChI=1S/C28H37N5O4S/c1-20-9-10-23-22(15-20)25(29-17-28(18-37-19-28)32-27(2,3)11-13-36-4)31-26(30-23)33-12-14-38(34,35)24-8-6-5-7-21(24)16-33/h5-10,15,32H,11-14,16-19H2,1-4H3,(H,29,30,31). The summed E-state index contributed by atoms with van der Waals surface area (Å²) in [5.41, 5.74) is 2.35. The predicted molar refractivity (Wildman–Crippen MR) is 150 cm³/mol. The second-order valence-corrected chi connectivity index (χ2v) is 13.2. The Morgan fingerprint density at radius 2 is 1.95 bits per heavy atom. The van der Waals surface area contributed by atoms with Crippen molar-refractivity contribution in [3.05, 3.63) is 53.6 Å². The number of nitrogens with one attached hydrogen (secondary N) is 2. The van der Waals surface area contributed by atoms with Gasteiger partial charge in [0.25, 0.3) is 0 Å². The first-order valence-electron chi connectivity index (χ1n) is 13.0. The SMILES string of the molecule is COCCC(C)(C)NC1(CNc2nc(N3CCS(=O)(=O)c4ccccc4C3)nc3ccc(C)cc23)COC1. The molecule has 0 spiro atoms. The molecule has 0 aliphatic carbocycles. The average Bonchev–Trinajstić information content (AvgIpc) is 3.00. The number of sulfone groups is 1. The summed E-state index contributed by atoms with van der Waals surface area (Å²) in [7, 11) is -1.65. The average molecular weight is 540 g/mol. The molecule has 204 valence electrons. The van der Waals surface area contributed by atoms with Crippen LogP contribution in [0.5, 0.6) is 0 Å². The first-order chi connectivity index (χ1) is 18.1. The monoisotopic (exact) mass is 539 g/mol. The Bertz CT molecular complexity index is 1420. The van der Waals surface area contributed by atoms with Gasteiger partial charge in [0, 0.05) is 44.3 Å². The Kier molecular flexibility index (Phi) is 7.34. The van der Waals surface area contributed by atoms with Crippen molar-refractivity contribution in [1.29, 1.82) is 0 Å². The third-order valence-corrected chi connectivity index (χ3v) is 9.10. The van der Waals surface area contributed by atoms with E-state index >= 15 is 0 Å². The second kappa shape index (κ2) is 10.4. The number of aryl methyl sites for hydroxylation is 1. The van der Waals surface area contributed by atoms with Crippen LogP contribution in [0.1, 0.15) is 31.4 Å². The van der Waals surface area contributed by atoms with E-state index in [0.717, 1.165) is 34.3 Å². The first kappa shape index (κ1) is 26.8. The fraction of sp³-hybridized carbons (Fsp3) is 0.500. The number of ether oxygens (including phenoxy) is 2. The molecule has 0 amide bonds. The summed E-state index contributed by atoms with van der Waals surface area (Å²) in [5, 5.41) is 8.32. The maximum atomic E-state index is 12.9. The van der Waals surface area contributed by atoms with Crippen molar-refractivity contribution in [2.75, 3.05) is 56.0 Å². The summed E-state index contributed by atoms with van der Waals surface area (Å²) >= 11 is 0. The van der Waals surface area contributed by atoms with E-state index in [4.69, 9.17) is 19.4 Å².